The van der Waals surface area contributed by atoms with Crippen molar-refractivity contribution in [3.05, 3.63) is 62.7 Å². The molecule has 2 rings (SSSR count). The van der Waals surface area contributed by atoms with Gasteiger partial charge >= 0.3 is 0 Å². The Kier molecular flexibility index (Phi) is 4.21. The van der Waals surface area contributed by atoms with Gasteiger partial charge in [-0.3, -0.25) is 0 Å². The predicted molar refractivity (Wildman–Crippen MR) is 82.4 cm³/mol. The Morgan fingerprint density at radius 1 is 1.22 bits per heavy atom. The molecule has 0 heterocycles. The molecule has 0 aliphatic rings. The molecule has 0 spiro atoms. The van der Waals surface area contributed by atoms with E-state index in [1.807, 2.05) is 24.3 Å². The van der Waals surface area contributed by atoms with Crippen molar-refractivity contribution in [2.24, 2.45) is 0 Å². The van der Waals surface area contributed by atoms with Crippen molar-refractivity contribution < 1.29 is 0 Å². The van der Waals surface area contributed by atoms with E-state index in [0.29, 0.717) is 6.54 Å². The first-order valence-electron chi connectivity index (χ1n) is 5.69. The Morgan fingerprint density at radius 3 is 2.72 bits per heavy atom. The lowest BCUT2D eigenvalue weighted by atomic mass is 10.1. The van der Waals surface area contributed by atoms with Crippen molar-refractivity contribution in [3.63, 3.8) is 0 Å². The van der Waals surface area contributed by atoms with Crippen LogP contribution in [0.2, 0.25) is 0 Å². The minimum Gasteiger partial charge on any atom is -0.381 e. The molecular weight excluding hydrogens is 335 g/mol. The zero-order valence-corrected chi connectivity index (χ0v) is 12.2. The molecule has 0 aliphatic heterocycles. The Balaban J connectivity index is 2.14. The minimum atomic E-state index is 0.672. The van der Waals surface area contributed by atoms with Crippen LogP contribution in [0.5, 0.6) is 0 Å². The quantitative estimate of drug-likeness (QED) is 0.849. The van der Waals surface area contributed by atoms with Crippen LogP contribution in [0.4, 0.5) is 5.69 Å². The van der Waals surface area contributed by atoms with Gasteiger partial charge in [0.05, 0.1) is 11.6 Å². The Morgan fingerprint density at radius 2 is 2.00 bits per heavy atom. The molecule has 0 bridgehead atoms. The van der Waals surface area contributed by atoms with Gasteiger partial charge in [0.25, 0.3) is 0 Å². The van der Waals surface area contributed by atoms with Crippen LogP contribution in [0.3, 0.4) is 0 Å². The van der Waals surface area contributed by atoms with Crippen LogP contribution in [-0.4, -0.2) is 0 Å². The zero-order chi connectivity index (χ0) is 13.0. The molecule has 0 saturated carbocycles. The second kappa shape index (κ2) is 5.87. The van der Waals surface area contributed by atoms with Crippen LogP contribution in [0, 0.1) is 21.8 Å². The van der Waals surface area contributed by atoms with E-state index in [1.165, 1.54) is 9.13 Å². The van der Waals surface area contributed by atoms with Crippen molar-refractivity contribution in [3.8, 4) is 6.07 Å². The summed E-state index contributed by atoms with van der Waals surface area (Å²) in [4.78, 5) is 0. The monoisotopic (exact) mass is 348 g/mol. The van der Waals surface area contributed by atoms with E-state index < -0.39 is 0 Å². The van der Waals surface area contributed by atoms with Crippen molar-refractivity contribution in [1.29, 1.82) is 5.26 Å². The molecule has 0 amide bonds. The highest BCUT2D eigenvalue weighted by atomic mass is 127. The Bertz CT molecular complexity index is 600. The van der Waals surface area contributed by atoms with Gasteiger partial charge in [-0.1, -0.05) is 18.2 Å². The van der Waals surface area contributed by atoms with Gasteiger partial charge in [0.2, 0.25) is 0 Å². The van der Waals surface area contributed by atoms with E-state index >= 15 is 0 Å². The molecule has 0 atom stereocenters. The van der Waals surface area contributed by atoms with Gasteiger partial charge < -0.3 is 5.32 Å². The fourth-order valence-electron chi connectivity index (χ4n) is 1.80. The molecule has 2 aromatic carbocycles. The number of hydrogen-bond acceptors (Lipinski definition) is 2. The lowest BCUT2D eigenvalue weighted by Crippen LogP contribution is -2.02. The number of aryl methyl sites for hydroxylation is 1. The second-order valence-corrected chi connectivity index (χ2v) is 5.33. The summed E-state index contributed by atoms with van der Waals surface area (Å²) >= 11 is 2.30. The Labute approximate surface area is 121 Å². The van der Waals surface area contributed by atoms with E-state index in [1.54, 1.807) is 0 Å². The molecule has 0 aliphatic carbocycles. The normalized spacial score (nSPS) is 9.83. The third-order valence-electron chi connectivity index (χ3n) is 2.80. The highest BCUT2D eigenvalue weighted by molar-refractivity contribution is 14.1. The molecule has 18 heavy (non-hydrogen) atoms. The third kappa shape index (κ3) is 3.02. The molecule has 2 nitrogen and oxygen atoms in total. The summed E-state index contributed by atoms with van der Waals surface area (Å²) < 4.78 is 1.23. The van der Waals surface area contributed by atoms with Gasteiger partial charge in [-0.05, 0) is 64.9 Å². The van der Waals surface area contributed by atoms with E-state index in [4.69, 9.17) is 5.26 Å². The summed E-state index contributed by atoms with van der Waals surface area (Å²) in [5, 5.41) is 12.4. The minimum absolute atomic E-state index is 0.672. The van der Waals surface area contributed by atoms with Crippen molar-refractivity contribution in [2.75, 3.05) is 5.32 Å². The average molecular weight is 348 g/mol. The topological polar surface area (TPSA) is 35.8 Å². The van der Waals surface area contributed by atoms with Gasteiger partial charge in [-0.25, -0.2) is 0 Å². The molecule has 0 fully saturated rings. The van der Waals surface area contributed by atoms with Crippen LogP contribution < -0.4 is 5.32 Å². The maximum Gasteiger partial charge on any atom is 0.0995 e. The fraction of sp³-hybridized carbons (Fsp3) is 0.133. The van der Waals surface area contributed by atoms with Crippen LogP contribution >= 0.6 is 22.6 Å². The fourth-order valence-corrected chi connectivity index (χ4v) is 2.45. The van der Waals surface area contributed by atoms with E-state index in [2.05, 4.69) is 59.1 Å². The van der Waals surface area contributed by atoms with Crippen LogP contribution in [0.25, 0.3) is 0 Å². The summed E-state index contributed by atoms with van der Waals surface area (Å²) in [5.41, 5.74) is 4.09. The molecule has 1 N–H and O–H groups in total. The molecular formula is C15H13IN2. The van der Waals surface area contributed by atoms with Crippen LogP contribution in [-0.2, 0) is 6.54 Å². The second-order valence-electron chi connectivity index (χ2n) is 4.08. The first kappa shape index (κ1) is 12.9. The van der Waals surface area contributed by atoms with E-state index in [-0.39, 0.29) is 0 Å². The Hall–Kier alpha value is -1.54. The van der Waals surface area contributed by atoms with Gasteiger partial charge in [0.1, 0.15) is 0 Å². The van der Waals surface area contributed by atoms with Crippen LogP contribution in [0.15, 0.2) is 42.5 Å². The van der Waals surface area contributed by atoms with Crippen LogP contribution in [0.1, 0.15) is 16.7 Å². The first-order chi connectivity index (χ1) is 8.70. The first-order valence-corrected chi connectivity index (χ1v) is 6.76. The molecule has 90 valence electrons. The van der Waals surface area contributed by atoms with Crippen molar-refractivity contribution in [1.82, 2.24) is 0 Å². The maximum absolute atomic E-state index is 9.03. The zero-order valence-electron chi connectivity index (χ0n) is 10.1. The highest BCUT2D eigenvalue weighted by Gasteiger charge is 2.02. The number of hydrogen-bond donors (Lipinski definition) is 1. The van der Waals surface area contributed by atoms with Gasteiger partial charge in [0, 0.05) is 15.8 Å². The molecule has 0 unspecified atom stereocenters. The number of nitriles is 1. The highest BCUT2D eigenvalue weighted by Crippen LogP contribution is 2.19. The number of anilines is 1. The van der Waals surface area contributed by atoms with Gasteiger partial charge in [-0.15, -0.1) is 0 Å². The van der Waals surface area contributed by atoms with E-state index in [0.717, 1.165) is 16.8 Å². The SMILES string of the molecule is Cc1cc(I)ccc1NCc1ccccc1C#N. The lowest BCUT2D eigenvalue weighted by Gasteiger charge is -2.10. The van der Waals surface area contributed by atoms with Gasteiger partial charge in [-0.2, -0.15) is 5.26 Å². The molecule has 0 radical (unpaired) electrons. The third-order valence-corrected chi connectivity index (χ3v) is 3.47. The van der Waals surface area contributed by atoms with E-state index in [9.17, 15) is 0 Å². The summed E-state index contributed by atoms with van der Waals surface area (Å²) in [6.07, 6.45) is 0. The summed E-state index contributed by atoms with van der Waals surface area (Å²) in [6.45, 7) is 2.76. The number of benzene rings is 2. The summed E-state index contributed by atoms with van der Waals surface area (Å²) in [7, 11) is 0. The molecule has 0 saturated heterocycles. The lowest BCUT2D eigenvalue weighted by molar-refractivity contribution is 1.13. The van der Waals surface area contributed by atoms with Gasteiger partial charge in [0.15, 0.2) is 0 Å². The average Bonchev–Trinajstić information content (AvgIpc) is 2.38. The number of rotatable bonds is 3. The van der Waals surface area contributed by atoms with Crippen molar-refractivity contribution >= 4 is 28.3 Å². The smallest absolute Gasteiger partial charge is 0.0995 e. The summed E-state index contributed by atoms with van der Waals surface area (Å²) in [5.74, 6) is 0. The maximum atomic E-state index is 9.03. The van der Waals surface area contributed by atoms with Crippen molar-refractivity contribution in [2.45, 2.75) is 13.5 Å². The molecule has 3 heteroatoms. The standard InChI is InChI=1S/C15H13IN2/c1-11-8-14(16)6-7-15(11)18-10-13-5-3-2-4-12(13)9-17/h2-8,18H,10H2,1H3. The molecule has 2 aromatic rings. The number of halogens is 1. The molecule has 0 aromatic heterocycles. The predicted octanol–water partition coefficient (Wildman–Crippen LogP) is 4.08. The number of nitrogens with one attached hydrogen (secondary N) is 1. The summed E-state index contributed by atoms with van der Waals surface area (Å²) in [6, 6.07) is 16.2. The number of nitrogens with zero attached hydrogens (tertiary/aromatic N) is 1. The largest absolute Gasteiger partial charge is 0.381 e.